The highest BCUT2D eigenvalue weighted by molar-refractivity contribution is 6.31. The number of benzene rings is 2. The van der Waals surface area contributed by atoms with Gasteiger partial charge in [-0.15, -0.1) is 0 Å². The molecule has 0 spiro atoms. The van der Waals surface area contributed by atoms with E-state index in [0.29, 0.717) is 21.8 Å². The first-order chi connectivity index (χ1) is 13.1. The van der Waals surface area contributed by atoms with Crippen molar-refractivity contribution >= 4 is 40.6 Å². The fraction of sp³-hybridized carbons (Fsp3) is 0.143. The molecule has 3 aromatic rings. The molecule has 0 bridgehead atoms. The van der Waals surface area contributed by atoms with Gasteiger partial charge in [0.05, 0.1) is 24.9 Å². The van der Waals surface area contributed by atoms with Gasteiger partial charge in [-0.05, 0) is 30.7 Å². The number of ether oxygens (including phenoxy) is 2. The minimum atomic E-state index is -0.513. The van der Waals surface area contributed by atoms with Crippen LogP contribution in [0.5, 0.6) is 0 Å². The topological polar surface area (TPSA) is 57.5 Å². The predicted molar refractivity (Wildman–Crippen MR) is 106 cm³/mol. The zero-order valence-electron chi connectivity index (χ0n) is 14.9. The first kappa shape index (κ1) is 18.7. The minimum Gasteiger partial charge on any atom is -0.466 e. The fourth-order valence-electron chi connectivity index (χ4n) is 2.93. The number of esters is 1. The molecule has 6 heteroatoms. The summed E-state index contributed by atoms with van der Waals surface area (Å²) < 4.78 is 11.4. The fourth-order valence-corrected chi connectivity index (χ4v) is 3.10. The molecule has 0 N–H and O–H groups in total. The Morgan fingerprint density at radius 3 is 2.56 bits per heavy atom. The van der Waals surface area contributed by atoms with Crippen LogP contribution in [0.1, 0.15) is 12.5 Å². The largest absolute Gasteiger partial charge is 0.466 e. The van der Waals surface area contributed by atoms with Crippen LogP contribution in [-0.4, -0.2) is 30.3 Å². The zero-order valence-corrected chi connectivity index (χ0v) is 15.7. The number of rotatable bonds is 4. The van der Waals surface area contributed by atoms with Gasteiger partial charge in [0, 0.05) is 22.0 Å². The lowest BCUT2D eigenvalue weighted by molar-refractivity contribution is -0.134. The van der Waals surface area contributed by atoms with E-state index < -0.39 is 12.1 Å². The maximum Gasteiger partial charge on any atom is 0.418 e. The van der Waals surface area contributed by atoms with Crippen LogP contribution in [0.2, 0.25) is 5.02 Å². The Morgan fingerprint density at radius 1 is 1.15 bits per heavy atom. The second-order valence-corrected chi connectivity index (χ2v) is 6.12. The number of carbonyl (C=O) groups is 2. The van der Waals surface area contributed by atoms with Crippen LogP contribution in [0.15, 0.2) is 54.6 Å². The summed E-state index contributed by atoms with van der Waals surface area (Å²) in [5.41, 5.74) is 2.73. The Kier molecular flexibility index (Phi) is 5.62. The molecule has 1 aromatic heterocycles. The highest BCUT2D eigenvalue weighted by Gasteiger charge is 2.22. The van der Waals surface area contributed by atoms with Crippen molar-refractivity contribution in [2.45, 2.75) is 6.92 Å². The zero-order chi connectivity index (χ0) is 19.4. The van der Waals surface area contributed by atoms with Crippen molar-refractivity contribution in [2.75, 3.05) is 13.7 Å². The molecule has 27 heavy (non-hydrogen) atoms. The molecule has 0 radical (unpaired) electrons. The Labute approximate surface area is 161 Å². The van der Waals surface area contributed by atoms with Gasteiger partial charge in [-0.2, -0.15) is 0 Å². The van der Waals surface area contributed by atoms with Crippen molar-refractivity contribution in [2.24, 2.45) is 0 Å². The van der Waals surface area contributed by atoms with E-state index in [1.165, 1.54) is 17.8 Å². The number of fused-ring (bicyclic) bond motifs is 1. The van der Waals surface area contributed by atoms with Crippen molar-refractivity contribution in [3.05, 3.63) is 65.2 Å². The van der Waals surface area contributed by atoms with Gasteiger partial charge >= 0.3 is 12.1 Å². The minimum absolute atomic E-state index is 0.237. The van der Waals surface area contributed by atoms with Gasteiger partial charge in [-0.1, -0.05) is 48.0 Å². The number of aromatic nitrogens is 1. The van der Waals surface area contributed by atoms with E-state index in [4.69, 9.17) is 21.1 Å². The molecule has 0 saturated heterocycles. The Bertz CT molecular complexity index is 1020. The normalized spacial score (nSPS) is 11.1. The third-order valence-electron chi connectivity index (χ3n) is 4.05. The second-order valence-electron chi connectivity index (χ2n) is 5.68. The monoisotopic (exact) mass is 383 g/mol. The van der Waals surface area contributed by atoms with Crippen molar-refractivity contribution < 1.29 is 19.1 Å². The molecule has 1 heterocycles. The Hall–Kier alpha value is -3.05. The van der Waals surface area contributed by atoms with Gasteiger partial charge in [-0.25, -0.2) is 14.2 Å². The first-order valence-electron chi connectivity index (χ1n) is 8.39. The maximum atomic E-state index is 12.8. The van der Waals surface area contributed by atoms with Crippen molar-refractivity contribution in [1.82, 2.24) is 4.57 Å². The highest BCUT2D eigenvalue weighted by atomic mass is 35.5. The van der Waals surface area contributed by atoms with Crippen LogP contribution >= 0.6 is 11.6 Å². The Balaban J connectivity index is 2.38. The summed E-state index contributed by atoms with van der Waals surface area (Å²) in [7, 11) is 1.31. The molecular weight excluding hydrogens is 366 g/mol. The summed E-state index contributed by atoms with van der Waals surface area (Å²) in [6.07, 6.45) is 2.45. The van der Waals surface area contributed by atoms with E-state index in [2.05, 4.69) is 0 Å². The van der Waals surface area contributed by atoms with Gasteiger partial charge < -0.3 is 9.47 Å². The molecule has 0 atom stereocenters. The SMILES string of the molecule is CCOC(=O)n1c(-c2ccccc2)c(/C=C/C(=O)OC)c2ccc(Cl)cc21. The number of hydrogen-bond acceptors (Lipinski definition) is 4. The lowest BCUT2D eigenvalue weighted by Crippen LogP contribution is -2.14. The number of halogens is 1. The molecule has 138 valence electrons. The van der Waals surface area contributed by atoms with Gasteiger partial charge in [0.1, 0.15) is 0 Å². The second kappa shape index (κ2) is 8.10. The highest BCUT2D eigenvalue weighted by Crippen LogP contribution is 2.36. The lowest BCUT2D eigenvalue weighted by Gasteiger charge is -2.10. The van der Waals surface area contributed by atoms with E-state index in [1.807, 2.05) is 36.4 Å². The molecule has 0 aliphatic rings. The van der Waals surface area contributed by atoms with E-state index in [0.717, 1.165) is 10.9 Å². The molecular formula is C21H18ClNO4. The predicted octanol–water partition coefficient (Wildman–Crippen LogP) is 5.15. The number of carbonyl (C=O) groups excluding carboxylic acids is 2. The molecule has 2 aromatic carbocycles. The van der Waals surface area contributed by atoms with Crippen molar-refractivity contribution in [3.63, 3.8) is 0 Å². The van der Waals surface area contributed by atoms with Crippen LogP contribution in [0.25, 0.3) is 28.2 Å². The van der Waals surface area contributed by atoms with Crippen LogP contribution in [0.4, 0.5) is 4.79 Å². The summed E-state index contributed by atoms with van der Waals surface area (Å²) in [5.74, 6) is -0.486. The molecule has 0 aliphatic carbocycles. The number of methoxy groups -OCH3 is 1. The van der Waals surface area contributed by atoms with Gasteiger partial charge in [0.15, 0.2) is 0 Å². The first-order valence-corrected chi connectivity index (χ1v) is 8.77. The third-order valence-corrected chi connectivity index (χ3v) is 4.29. The molecule has 0 saturated carbocycles. The molecule has 0 amide bonds. The van der Waals surface area contributed by atoms with E-state index in [9.17, 15) is 9.59 Å². The molecule has 5 nitrogen and oxygen atoms in total. The average molecular weight is 384 g/mol. The quantitative estimate of drug-likeness (QED) is 0.461. The van der Waals surface area contributed by atoms with Crippen LogP contribution < -0.4 is 0 Å². The van der Waals surface area contributed by atoms with E-state index >= 15 is 0 Å². The third kappa shape index (κ3) is 3.73. The van der Waals surface area contributed by atoms with Gasteiger partial charge in [-0.3, -0.25) is 0 Å². The summed E-state index contributed by atoms with van der Waals surface area (Å²) in [4.78, 5) is 24.4. The van der Waals surface area contributed by atoms with Gasteiger partial charge in [0.2, 0.25) is 0 Å². The van der Waals surface area contributed by atoms with Crippen LogP contribution in [0, 0.1) is 0 Å². The number of nitrogens with zero attached hydrogens (tertiary/aromatic N) is 1. The molecule has 0 fully saturated rings. The smallest absolute Gasteiger partial charge is 0.418 e. The summed E-state index contributed by atoms with van der Waals surface area (Å²) in [6, 6.07) is 14.7. The van der Waals surface area contributed by atoms with Crippen LogP contribution in [-0.2, 0) is 14.3 Å². The van der Waals surface area contributed by atoms with E-state index in [1.54, 1.807) is 25.1 Å². The van der Waals surface area contributed by atoms with Crippen molar-refractivity contribution in [1.29, 1.82) is 0 Å². The number of hydrogen-bond donors (Lipinski definition) is 0. The molecule has 0 aliphatic heterocycles. The lowest BCUT2D eigenvalue weighted by atomic mass is 10.0. The van der Waals surface area contributed by atoms with Gasteiger partial charge in [0.25, 0.3) is 0 Å². The maximum absolute atomic E-state index is 12.8. The summed E-state index contributed by atoms with van der Waals surface area (Å²) >= 11 is 6.17. The summed E-state index contributed by atoms with van der Waals surface area (Å²) in [6.45, 7) is 1.98. The van der Waals surface area contributed by atoms with E-state index in [-0.39, 0.29) is 6.61 Å². The van der Waals surface area contributed by atoms with Crippen LogP contribution in [0.3, 0.4) is 0 Å². The molecule has 0 unspecified atom stereocenters. The molecule has 3 rings (SSSR count). The standard InChI is InChI=1S/C21H18ClNO4/c1-3-27-21(25)23-18-13-15(22)9-10-16(18)17(11-12-19(24)26-2)20(23)14-7-5-4-6-8-14/h4-13H,3H2,1-2H3/b12-11+. The summed E-state index contributed by atoms with van der Waals surface area (Å²) in [5, 5.41) is 1.26. The average Bonchev–Trinajstić information content (AvgIpc) is 3.00. The van der Waals surface area contributed by atoms with Crippen molar-refractivity contribution in [3.8, 4) is 11.3 Å². The Morgan fingerprint density at radius 2 is 1.89 bits per heavy atom.